The van der Waals surface area contributed by atoms with Gasteiger partial charge >= 0.3 is 0 Å². The van der Waals surface area contributed by atoms with Crippen molar-refractivity contribution in [1.29, 1.82) is 0 Å². The van der Waals surface area contributed by atoms with Crippen LogP contribution < -0.4 is 4.90 Å². The molecule has 0 saturated carbocycles. The molecule has 0 unspecified atom stereocenters. The zero-order valence-electron chi connectivity index (χ0n) is 13.6. The van der Waals surface area contributed by atoms with Crippen LogP contribution in [0.15, 0.2) is 24.5 Å². The normalized spacial score (nSPS) is 15.9. The molecule has 0 bridgehead atoms. The van der Waals surface area contributed by atoms with Gasteiger partial charge in [0, 0.05) is 43.2 Å². The van der Waals surface area contributed by atoms with Crippen LogP contribution in [0.1, 0.15) is 19.8 Å². The maximum atomic E-state index is 14.0. The summed E-state index contributed by atoms with van der Waals surface area (Å²) >= 11 is 0. The summed E-state index contributed by atoms with van der Waals surface area (Å²) in [5.41, 5.74) is -0.161. The highest BCUT2D eigenvalue weighted by Crippen LogP contribution is 2.27. The van der Waals surface area contributed by atoms with E-state index in [1.807, 2.05) is 0 Å². The molecule has 0 atom stereocenters. The third kappa shape index (κ3) is 2.92. The average molecular weight is 347 g/mol. The Morgan fingerprint density at radius 2 is 1.76 bits per heavy atom. The van der Waals surface area contributed by atoms with E-state index in [2.05, 4.69) is 26.9 Å². The lowest BCUT2D eigenvalue weighted by Crippen LogP contribution is -2.33. The topological polar surface area (TPSA) is 46.3 Å². The average Bonchev–Trinajstić information content (AvgIpc) is 2.98. The fourth-order valence-electron chi connectivity index (χ4n) is 3.06. The van der Waals surface area contributed by atoms with E-state index in [9.17, 15) is 13.2 Å². The Morgan fingerprint density at radius 3 is 2.44 bits per heavy atom. The van der Waals surface area contributed by atoms with E-state index < -0.39 is 17.5 Å². The van der Waals surface area contributed by atoms with Gasteiger partial charge in [-0.1, -0.05) is 6.92 Å². The number of aromatic nitrogens is 4. The molecule has 1 aliphatic heterocycles. The Bertz CT molecular complexity index is 908. The highest BCUT2D eigenvalue weighted by molar-refractivity contribution is 5.64. The molecule has 0 spiro atoms. The molecule has 0 N–H and O–H groups in total. The van der Waals surface area contributed by atoms with Gasteiger partial charge in [0.15, 0.2) is 0 Å². The quantitative estimate of drug-likeness (QED) is 0.712. The number of piperidine rings is 1. The first-order valence-electron chi connectivity index (χ1n) is 8.13. The van der Waals surface area contributed by atoms with Gasteiger partial charge < -0.3 is 4.90 Å². The lowest BCUT2D eigenvalue weighted by Gasteiger charge is -2.28. The third-order valence-corrected chi connectivity index (χ3v) is 4.54. The van der Waals surface area contributed by atoms with Crippen LogP contribution in [-0.2, 0) is 0 Å². The first-order chi connectivity index (χ1) is 12.0. The first-order valence-corrected chi connectivity index (χ1v) is 8.13. The van der Waals surface area contributed by atoms with Crippen molar-refractivity contribution >= 4 is 11.7 Å². The summed E-state index contributed by atoms with van der Waals surface area (Å²) in [6.07, 6.45) is 4.90. The van der Waals surface area contributed by atoms with Gasteiger partial charge in [0.1, 0.15) is 17.5 Å². The van der Waals surface area contributed by atoms with Gasteiger partial charge in [0.2, 0.25) is 5.95 Å². The Balaban J connectivity index is 1.72. The second kappa shape index (κ2) is 6.02. The van der Waals surface area contributed by atoms with Gasteiger partial charge in [0.05, 0.1) is 5.56 Å². The summed E-state index contributed by atoms with van der Waals surface area (Å²) in [5.74, 6) is -1.34. The number of halogens is 3. The number of hydrogen-bond donors (Lipinski definition) is 0. The molecule has 1 aromatic carbocycles. The fourth-order valence-corrected chi connectivity index (χ4v) is 3.06. The van der Waals surface area contributed by atoms with Gasteiger partial charge in [-0.15, -0.1) is 5.10 Å². The Hall–Kier alpha value is -2.64. The molecule has 0 radical (unpaired) electrons. The summed E-state index contributed by atoms with van der Waals surface area (Å²) in [6.45, 7) is 3.95. The smallest absolute Gasteiger partial charge is 0.253 e. The molecule has 1 fully saturated rings. The molecular weight excluding hydrogens is 331 g/mol. The Labute approximate surface area is 142 Å². The Morgan fingerprint density at radius 1 is 1.08 bits per heavy atom. The minimum Gasteiger partial charge on any atom is -0.339 e. The zero-order valence-corrected chi connectivity index (χ0v) is 13.6. The molecular formula is C17H16F3N5. The molecule has 0 amide bonds. The number of fused-ring (bicyclic) bond motifs is 1. The van der Waals surface area contributed by atoms with E-state index in [1.54, 1.807) is 0 Å². The number of benzene rings is 1. The SMILES string of the molecule is CC1CCN(c2nc3ncc(-c4c(F)cc(F)cc4F)cn3n2)CC1. The van der Waals surface area contributed by atoms with Crippen LogP contribution in [0.2, 0.25) is 0 Å². The largest absolute Gasteiger partial charge is 0.339 e. The molecule has 3 heterocycles. The zero-order chi connectivity index (χ0) is 17.6. The summed E-state index contributed by atoms with van der Waals surface area (Å²) in [5, 5.41) is 4.37. The predicted molar refractivity (Wildman–Crippen MR) is 86.7 cm³/mol. The standard InChI is InChI=1S/C17H16F3N5/c1-10-2-4-24(5-3-10)17-22-16-21-8-11(9-25(16)23-17)15-13(19)6-12(18)7-14(15)20/h6-10H,2-5H2,1H3. The van der Waals surface area contributed by atoms with Crippen LogP contribution in [0.25, 0.3) is 16.9 Å². The van der Waals surface area contributed by atoms with Crippen molar-refractivity contribution in [2.24, 2.45) is 5.92 Å². The van der Waals surface area contributed by atoms with Gasteiger partial charge in [-0.25, -0.2) is 22.7 Å². The molecule has 1 aliphatic rings. The van der Waals surface area contributed by atoms with Crippen molar-refractivity contribution in [2.75, 3.05) is 18.0 Å². The highest BCUT2D eigenvalue weighted by Gasteiger charge is 2.20. The van der Waals surface area contributed by atoms with Crippen LogP contribution in [0.3, 0.4) is 0 Å². The van der Waals surface area contributed by atoms with Gasteiger partial charge in [-0.3, -0.25) is 0 Å². The van der Waals surface area contributed by atoms with Crippen LogP contribution in [0.5, 0.6) is 0 Å². The van der Waals surface area contributed by atoms with Gasteiger partial charge in [0.25, 0.3) is 5.78 Å². The Kier molecular flexibility index (Phi) is 3.82. The van der Waals surface area contributed by atoms with Crippen molar-refractivity contribution in [3.05, 3.63) is 42.0 Å². The van der Waals surface area contributed by atoms with Crippen LogP contribution >= 0.6 is 0 Å². The maximum absolute atomic E-state index is 14.0. The minimum atomic E-state index is -0.982. The number of rotatable bonds is 2. The summed E-state index contributed by atoms with van der Waals surface area (Å²) in [6, 6.07) is 1.29. The van der Waals surface area contributed by atoms with E-state index in [0.717, 1.165) is 25.9 Å². The molecule has 3 aromatic rings. The number of anilines is 1. The first kappa shape index (κ1) is 15.9. The van der Waals surface area contributed by atoms with E-state index >= 15 is 0 Å². The molecule has 2 aromatic heterocycles. The fraction of sp³-hybridized carbons (Fsp3) is 0.353. The molecule has 4 rings (SSSR count). The van der Waals surface area contributed by atoms with Crippen LogP contribution in [-0.4, -0.2) is 32.7 Å². The lowest BCUT2D eigenvalue weighted by atomic mass is 10.00. The monoisotopic (exact) mass is 347 g/mol. The van der Waals surface area contributed by atoms with Gasteiger partial charge in [-0.05, 0) is 18.8 Å². The molecule has 130 valence electrons. The summed E-state index contributed by atoms with van der Waals surface area (Å²) in [7, 11) is 0. The molecule has 1 saturated heterocycles. The summed E-state index contributed by atoms with van der Waals surface area (Å²) < 4.78 is 42.4. The van der Waals surface area contributed by atoms with Crippen LogP contribution in [0.4, 0.5) is 19.1 Å². The van der Waals surface area contributed by atoms with Crippen molar-refractivity contribution in [3.63, 3.8) is 0 Å². The highest BCUT2D eigenvalue weighted by atomic mass is 19.1. The predicted octanol–water partition coefficient (Wildman–Crippen LogP) is 3.44. The second-order valence-corrected chi connectivity index (χ2v) is 6.41. The number of nitrogens with zero attached hydrogens (tertiary/aromatic N) is 5. The van der Waals surface area contributed by atoms with Gasteiger partial charge in [-0.2, -0.15) is 4.98 Å². The minimum absolute atomic E-state index is 0.172. The van der Waals surface area contributed by atoms with E-state index in [-0.39, 0.29) is 11.1 Å². The lowest BCUT2D eigenvalue weighted by molar-refractivity contribution is 0.434. The summed E-state index contributed by atoms with van der Waals surface area (Å²) in [4.78, 5) is 10.6. The third-order valence-electron chi connectivity index (χ3n) is 4.54. The molecule has 5 nitrogen and oxygen atoms in total. The number of hydrogen-bond acceptors (Lipinski definition) is 4. The van der Waals surface area contributed by atoms with Crippen molar-refractivity contribution in [3.8, 4) is 11.1 Å². The van der Waals surface area contributed by atoms with Crippen LogP contribution in [0, 0.1) is 23.4 Å². The van der Waals surface area contributed by atoms with E-state index in [1.165, 1.54) is 16.9 Å². The van der Waals surface area contributed by atoms with Crippen molar-refractivity contribution in [2.45, 2.75) is 19.8 Å². The van der Waals surface area contributed by atoms with E-state index in [4.69, 9.17) is 0 Å². The molecule has 8 heteroatoms. The molecule has 0 aliphatic carbocycles. The van der Waals surface area contributed by atoms with E-state index in [0.29, 0.717) is 29.8 Å². The molecule has 25 heavy (non-hydrogen) atoms. The second-order valence-electron chi connectivity index (χ2n) is 6.41. The van der Waals surface area contributed by atoms with Crippen molar-refractivity contribution < 1.29 is 13.2 Å². The maximum Gasteiger partial charge on any atom is 0.253 e. The van der Waals surface area contributed by atoms with Crippen molar-refractivity contribution in [1.82, 2.24) is 19.6 Å².